The fraction of sp³-hybridized carbons (Fsp3) is 0. The maximum atomic E-state index is 4.99. The zero-order chi connectivity index (χ0) is 37.5. The van der Waals surface area contributed by atoms with Gasteiger partial charge in [-0.3, -0.25) is 0 Å². The number of rotatable bonds is 5. The Balaban J connectivity index is 0.953. The number of aromatic nitrogens is 4. The number of hydrogen-bond donors (Lipinski definition) is 0. The molecule has 0 fully saturated rings. The molecule has 0 N–H and O–H groups in total. The van der Waals surface area contributed by atoms with Gasteiger partial charge in [-0.1, -0.05) is 146 Å². The Labute approximate surface area is 335 Å². The molecule has 8 aromatic carbocycles. The summed E-state index contributed by atoms with van der Waals surface area (Å²) in [6.45, 7) is 0. The van der Waals surface area contributed by atoms with E-state index in [9.17, 15) is 0 Å². The number of benzene rings is 8. The van der Waals surface area contributed by atoms with Crippen LogP contribution in [0, 0.1) is 0 Å². The lowest BCUT2D eigenvalue weighted by atomic mass is 10.0. The lowest BCUT2D eigenvalue weighted by molar-refractivity contribution is 1.07. The topological polar surface area (TPSA) is 43.6 Å². The van der Waals surface area contributed by atoms with Crippen LogP contribution in [0.3, 0.4) is 0 Å². The van der Waals surface area contributed by atoms with E-state index in [1.807, 2.05) is 83.3 Å². The normalized spacial score (nSPS) is 11.9. The van der Waals surface area contributed by atoms with Gasteiger partial charge in [0.1, 0.15) is 0 Å². The molecular formula is C51H30N4S2. The first-order chi connectivity index (χ1) is 28.2. The molecule has 0 saturated carbocycles. The molecule has 0 spiro atoms. The minimum Gasteiger partial charge on any atom is -0.309 e. The molecular weight excluding hydrogens is 733 g/mol. The van der Waals surface area contributed by atoms with Crippen LogP contribution in [0.5, 0.6) is 0 Å². The van der Waals surface area contributed by atoms with E-state index in [1.54, 1.807) is 0 Å². The maximum Gasteiger partial charge on any atom is 0.164 e. The lowest BCUT2D eigenvalue weighted by Gasteiger charge is -2.08. The highest BCUT2D eigenvalue weighted by molar-refractivity contribution is 7.26. The highest BCUT2D eigenvalue weighted by Crippen LogP contribution is 2.44. The third kappa shape index (κ3) is 5.22. The highest BCUT2D eigenvalue weighted by Gasteiger charge is 2.17. The van der Waals surface area contributed by atoms with Crippen molar-refractivity contribution >= 4 is 84.8 Å². The monoisotopic (exact) mass is 762 g/mol. The Morgan fingerprint density at radius 2 is 0.825 bits per heavy atom. The molecule has 0 unspecified atom stereocenters. The van der Waals surface area contributed by atoms with Gasteiger partial charge in [0.05, 0.1) is 11.0 Å². The van der Waals surface area contributed by atoms with Gasteiger partial charge >= 0.3 is 0 Å². The van der Waals surface area contributed by atoms with E-state index in [2.05, 4.69) is 126 Å². The second-order valence-electron chi connectivity index (χ2n) is 14.4. The minimum atomic E-state index is 0.666. The number of fused-ring (bicyclic) bond motifs is 9. The Bertz CT molecular complexity index is 3410. The van der Waals surface area contributed by atoms with Crippen LogP contribution >= 0.6 is 22.7 Å². The van der Waals surface area contributed by atoms with Crippen molar-refractivity contribution in [3.63, 3.8) is 0 Å². The average Bonchev–Trinajstić information content (AvgIpc) is 3.95. The zero-order valence-corrected chi connectivity index (χ0v) is 32.1. The summed E-state index contributed by atoms with van der Waals surface area (Å²) in [5.41, 5.74) is 9.03. The van der Waals surface area contributed by atoms with Crippen molar-refractivity contribution in [3.05, 3.63) is 182 Å². The summed E-state index contributed by atoms with van der Waals surface area (Å²) in [5, 5.41) is 7.64. The maximum absolute atomic E-state index is 4.99. The summed E-state index contributed by atoms with van der Waals surface area (Å²) in [6.07, 6.45) is 0. The van der Waals surface area contributed by atoms with Crippen molar-refractivity contribution in [2.45, 2.75) is 0 Å². The summed E-state index contributed by atoms with van der Waals surface area (Å²) >= 11 is 3.71. The number of hydrogen-bond acceptors (Lipinski definition) is 5. The molecule has 57 heavy (non-hydrogen) atoms. The Kier molecular flexibility index (Phi) is 7.24. The molecule has 266 valence electrons. The SMILES string of the molecule is c1ccc(-c2nc(-c3ccccc3)nc(-c3ccc4c(c3)sc3cc(-c5cccc6c5sc5cc(-n7c8ccccc8c8ccccc87)ccc56)ccc34)n2)cc1. The molecule has 4 nitrogen and oxygen atoms in total. The van der Waals surface area contributed by atoms with Gasteiger partial charge in [0.25, 0.3) is 0 Å². The second kappa shape index (κ2) is 12.8. The van der Waals surface area contributed by atoms with E-state index in [0.29, 0.717) is 17.5 Å². The van der Waals surface area contributed by atoms with E-state index in [4.69, 9.17) is 15.0 Å². The van der Waals surface area contributed by atoms with Crippen molar-refractivity contribution in [1.29, 1.82) is 0 Å². The van der Waals surface area contributed by atoms with Crippen LogP contribution in [-0.4, -0.2) is 19.5 Å². The van der Waals surface area contributed by atoms with Gasteiger partial charge < -0.3 is 4.57 Å². The van der Waals surface area contributed by atoms with Gasteiger partial charge in [0.15, 0.2) is 17.5 Å². The van der Waals surface area contributed by atoms with Crippen molar-refractivity contribution in [2.24, 2.45) is 0 Å². The van der Waals surface area contributed by atoms with Gasteiger partial charge in [0.2, 0.25) is 0 Å². The second-order valence-corrected chi connectivity index (χ2v) is 16.5. The van der Waals surface area contributed by atoms with E-state index < -0.39 is 0 Å². The van der Waals surface area contributed by atoms with Crippen molar-refractivity contribution < 1.29 is 0 Å². The first-order valence-electron chi connectivity index (χ1n) is 19.0. The third-order valence-electron chi connectivity index (χ3n) is 11.1. The first-order valence-corrected chi connectivity index (χ1v) is 20.6. The van der Waals surface area contributed by atoms with Crippen LogP contribution in [0.2, 0.25) is 0 Å². The molecule has 0 radical (unpaired) electrons. The fourth-order valence-electron chi connectivity index (χ4n) is 8.38. The molecule has 0 aliphatic carbocycles. The van der Waals surface area contributed by atoms with Crippen LogP contribution in [-0.2, 0) is 0 Å². The summed E-state index contributed by atoms with van der Waals surface area (Å²) in [6, 6.07) is 64.9. The molecule has 4 aromatic heterocycles. The van der Waals surface area contributed by atoms with Crippen LogP contribution < -0.4 is 0 Å². The van der Waals surface area contributed by atoms with Crippen molar-refractivity contribution in [1.82, 2.24) is 19.5 Å². The molecule has 0 aliphatic heterocycles. The minimum absolute atomic E-state index is 0.666. The Morgan fingerprint density at radius 1 is 0.333 bits per heavy atom. The van der Waals surface area contributed by atoms with Gasteiger partial charge in [-0.15, -0.1) is 22.7 Å². The van der Waals surface area contributed by atoms with Crippen LogP contribution in [0.4, 0.5) is 0 Å². The van der Waals surface area contributed by atoms with E-state index in [0.717, 1.165) is 16.7 Å². The molecule has 12 aromatic rings. The molecule has 0 bridgehead atoms. The first kappa shape index (κ1) is 32.3. The number of thiophene rings is 2. The predicted molar refractivity (Wildman–Crippen MR) is 242 cm³/mol. The average molecular weight is 763 g/mol. The van der Waals surface area contributed by atoms with Crippen LogP contribution in [0.25, 0.3) is 113 Å². The van der Waals surface area contributed by atoms with Crippen LogP contribution in [0.15, 0.2) is 182 Å². The van der Waals surface area contributed by atoms with Crippen molar-refractivity contribution in [3.8, 4) is 51.0 Å². The zero-order valence-electron chi connectivity index (χ0n) is 30.4. The molecule has 4 heterocycles. The van der Waals surface area contributed by atoms with E-state index in [-0.39, 0.29) is 0 Å². The smallest absolute Gasteiger partial charge is 0.164 e. The Morgan fingerprint density at radius 3 is 1.47 bits per heavy atom. The molecule has 0 atom stereocenters. The van der Waals surface area contributed by atoms with Crippen molar-refractivity contribution in [2.75, 3.05) is 0 Å². The number of para-hydroxylation sites is 2. The highest BCUT2D eigenvalue weighted by atomic mass is 32.1. The molecule has 12 rings (SSSR count). The summed E-state index contributed by atoms with van der Waals surface area (Å²) in [4.78, 5) is 14.9. The fourth-order valence-corrected chi connectivity index (χ4v) is 10.8. The summed E-state index contributed by atoms with van der Waals surface area (Å²) in [5.74, 6) is 2.00. The van der Waals surface area contributed by atoms with E-state index in [1.165, 1.54) is 79.0 Å². The summed E-state index contributed by atoms with van der Waals surface area (Å²) in [7, 11) is 0. The predicted octanol–water partition coefficient (Wildman–Crippen LogP) is 14.4. The van der Waals surface area contributed by atoms with Gasteiger partial charge in [-0.2, -0.15) is 0 Å². The number of nitrogens with zero attached hydrogens (tertiary/aromatic N) is 4. The lowest BCUT2D eigenvalue weighted by Crippen LogP contribution is -1.99. The molecule has 6 heteroatoms. The molecule has 0 amide bonds. The third-order valence-corrected chi connectivity index (χ3v) is 13.4. The van der Waals surface area contributed by atoms with Crippen LogP contribution in [0.1, 0.15) is 0 Å². The Hall–Kier alpha value is -6.99. The van der Waals surface area contributed by atoms with Gasteiger partial charge in [0, 0.05) is 73.5 Å². The van der Waals surface area contributed by atoms with E-state index >= 15 is 0 Å². The molecule has 0 aliphatic rings. The standard InChI is InChI=1S/C51H30N4S2/c1-3-12-31(13-4-1)49-52-50(32-14-5-2-6-15-32)54-51(53-49)34-23-26-40-39-25-22-33(28-45(39)56-46(40)29-34)36-18-11-19-42-41-27-24-35(30-47(41)57-48(36)42)55-43-20-9-7-16-37(43)38-17-8-10-21-44(38)55/h1-30H. The summed E-state index contributed by atoms with van der Waals surface area (Å²) < 4.78 is 7.48. The van der Waals surface area contributed by atoms with Gasteiger partial charge in [-0.05, 0) is 47.5 Å². The quantitative estimate of drug-likeness (QED) is 0.175. The largest absolute Gasteiger partial charge is 0.309 e. The van der Waals surface area contributed by atoms with Gasteiger partial charge in [-0.25, -0.2) is 15.0 Å². The molecule has 0 saturated heterocycles.